The summed E-state index contributed by atoms with van der Waals surface area (Å²) in [6.45, 7) is 7.15. The van der Waals surface area contributed by atoms with Gasteiger partial charge in [0.1, 0.15) is 24.2 Å². The number of hydrogen-bond acceptors (Lipinski definition) is 5. The minimum Gasteiger partial charge on any atom is -0.494 e. The molecule has 0 spiro atoms. The summed E-state index contributed by atoms with van der Waals surface area (Å²) in [6, 6.07) is 14.3. The second-order valence-corrected chi connectivity index (χ2v) is 12.6. The Labute approximate surface area is 256 Å². The SMILES string of the molecule is CCOc1ccc(S(=O)(=O)N(CC(=O)N(Cc2c(Cl)cccc2Cl)[C@H](C)C(=O)NCC(C)C)c2ccc(F)cc2)cc1. The van der Waals surface area contributed by atoms with Gasteiger partial charge in [-0.2, -0.15) is 0 Å². The first kappa shape index (κ1) is 33.2. The number of rotatable bonds is 13. The highest BCUT2D eigenvalue weighted by Crippen LogP contribution is 2.29. The van der Waals surface area contributed by atoms with Crippen molar-refractivity contribution in [2.24, 2.45) is 5.92 Å². The maximum absolute atomic E-state index is 14.0. The number of amides is 2. The normalized spacial score (nSPS) is 12.1. The molecule has 0 heterocycles. The first-order valence-electron chi connectivity index (χ1n) is 13.4. The predicted molar refractivity (Wildman–Crippen MR) is 163 cm³/mol. The van der Waals surface area contributed by atoms with Crippen molar-refractivity contribution in [1.29, 1.82) is 0 Å². The minimum atomic E-state index is -4.33. The fourth-order valence-electron chi connectivity index (χ4n) is 4.03. The molecule has 12 heteroatoms. The molecule has 0 aromatic heterocycles. The smallest absolute Gasteiger partial charge is 0.264 e. The molecule has 0 saturated heterocycles. The molecule has 1 N–H and O–H groups in total. The molecule has 0 aliphatic carbocycles. The number of nitrogens with zero attached hydrogens (tertiary/aromatic N) is 2. The van der Waals surface area contributed by atoms with Gasteiger partial charge in [0.2, 0.25) is 11.8 Å². The van der Waals surface area contributed by atoms with Crippen molar-refractivity contribution in [2.45, 2.75) is 45.2 Å². The largest absolute Gasteiger partial charge is 0.494 e. The number of hydrogen-bond donors (Lipinski definition) is 1. The Bertz CT molecular complexity index is 1470. The molecule has 3 rings (SSSR count). The van der Waals surface area contributed by atoms with E-state index in [9.17, 15) is 22.4 Å². The summed E-state index contributed by atoms with van der Waals surface area (Å²) in [5.41, 5.74) is 0.465. The van der Waals surface area contributed by atoms with Crippen LogP contribution in [0, 0.1) is 11.7 Å². The van der Waals surface area contributed by atoms with Crippen LogP contribution in [-0.4, -0.2) is 50.9 Å². The van der Waals surface area contributed by atoms with Crippen LogP contribution in [0.3, 0.4) is 0 Å². The molecule has 226 valence electrons. The zero-order chi connectivity index (χ0) is 31.0. The van der Waals surface area contributed by atoms with E-state index in [0.717, 1.165) is 16.4 Å². The van der Waals surface area contributed by atoms with Gasteiger partial charge < -0.3 is 15.0 Å². The second kappa shape index (κ2) is 14.7. The van der Waals surface area contributed by atoms with E-state index in [1.54, 1.807) is 32.0 Å². The number of ether oxygens (including phenoxy) is 1. The van der Waals surface area contributed by atoms with Crippen LogP contribution < -0.4 is 14.4 Å². The van der Waals surface area contributed by atoms with Gasteiger partial charge in [0.15, 0.2) is 0 Å². The van der Waals surface area contributed by atoms with Crippen molar-refractivity contribution >= 4 is 50.7 Å². The van der Waals surface area contributed by atoms with E-state index in [2.05, 4.69) is 5.32 Å². The predicted octanol–water partition coefficient (Wildman–Crippen LogP) is 5.92. The van der Waals surface area contributed by atoms with Crippen molar-refractivity contribution in [1.82, 2.24) is 10.2 Å². The van der Waals surface area contributed by atoms with Gasteiger partial charge in [0.25, 0.3) is 10.0 Å². The summed E-state index contributed by atoms with van der Waals surface area (Å²) < 4.78 is 47.9. The Hall–Kier alpha value is -3.34. The highest BCUT2D eigenvalue weighted by Gasteiger charge is 2.33. The molecule has 8 nitrogen and oxygen atoms in total. The van der Waals surface area contributed by atoms with Crippen LogP contribution in [-0.2, 0) is 26.2 Å². The van der Waals surface area contributed by atoms with Gasteiger partial charge in [0.05, 0.1) is 17.2 Å². The van der Waals surface area contributed by atoms with Crippen LogP contribution in [0.25, 0.3) is 0 Å². The maximum Gasteiger partial charge on any atom is 0.264 e. The molecule has 2 amide bonds. The van der Waals surface area contributed by atoms with Gasteiger partial charge in [-0.15, -0.1) is 0 Å². The average Bonchev–Trinajstić information content (AvgIpc) is 2.95. The molecule has 1 atom stereocenters. The van der Waals surface area contributed by atoms with Crippen LogP contribution in [0.2, 0.25) is 10.0 Å². The molecule has 0 aliphatic heterocycles. The van der Waals surface area contributed by atoms with E-state index >= 15 is 0 Å². The first-order valence-corrected chi connectivity index (χ1v) is 15.6. The molecule has 0 bridgehead atoms. The maximum atomic E-state index is 14.0. The molecule has 0 radical (unpaired) electrons. The zero-order valence-corrected chi connectivity index (χ0v) is 26.1. The van der Waals surface area contributed by atoms with Gasteiger partial charge in [-0.1, -0.05) is 43.1 Å². The number of carbonyl (C=O) groups is 2. The zero-order valence-electron chi connectivity index (χ0n) is 23.8. The summed E-state index contributed by atoms with van der Waals surface area (Å²) in [4.78, 5) is 28.2. The lowest BCUT2D eigenvalue weighted by Gasteiger charge is -2.32. The number of sulfonamides is 1. The Morgan fingerprint density at radius 2 is 1.55 bits per heavy atom. The quantitative estimate of drug-likeness (QED) is 0.251. The van der Waals surface area contributed by atoms with E-state index in [4.69, 9.17) is 27.9 Å². The van der Waals surface area contributed by atoms with Crippen LogP contribution in [0.5, 0.6) is 5.75 Å². The topological polar surface area (TPSA) is 96.0 Å². The third-order valence-electron chi connectivity index (χ3n) is 6.36. The molecule has 3 aromatic carbocycles. The fraction of sp³-hybridized carbons (Fsp3) is 0.333. The molecular formula is C30H34Cl2FN3O5S. The van der Waals surface area contributed by atoms with Crippen molar-refractivity contribution in [3.05, 3.63) is 88.2 Å². The summed E-state index contributed by atoms with van der Waals surface area (Å²) in [6.07, 6.45) is 0. The summed E-state index contributed by atoms with van der Waals surface area (Å²) in [5, 5.41) is 3.38. The van der Waals surface area contributed by atoms with E-state index < -0.39 is 40.2 Å². The fourth-order valence-corrected chi connectivity index (χ4v) is 5.96. The third kappa shape index (κ3) is 8.36. The summed E-state index contributed by atoms with van der Waals surface area (Å²) in [7, 11) is -4.33. The number of anilines is 1. The van der Waals surface area contributed by atoms with E-state index in [1.165, 1.54) is 41.3 Å². The van der Waals surface area contributed by atoms with Gasteiger partial charge >= 0.3 is 0 Å². The van der Waals surface area contributed by atoms with Crippen LogP contribution in [0.15, 0.2) is 71.6 Å². The highest BCUT2D eigenvalue weighted by atomic mass is 35.5. The lowest BCUT2D eigenvalue weighted by Crippen LogP contribution is -2.51. The Kier molecular flexibility index (Phi) is 11.6. The lowest BCUT2D eigenvalue weighted by atomic mass is 10.1. The summed E-state index contributed by atoms with van der Waals surface area (Å²) >= 11 is 12.8. The highest BCUT2D eigenvalue weighted by molar-refractivity contribution is 7.92. The molecule has 0 fully saturated rings. The first-order chi connectivity index (χ1) is 19.8. The summed E-state index contributed by atoms with van der Waals surface area (Å²) in [5.74, 6) is -1.06. The van der Waals surface area contributed by atoms with Crippen LogP contribution >= 0.6 is 23.2 Å². The van der Waals surface area contributed by atoms with Crippen molar-refractivity contribution in [3.63, 3.8) is 0 Å². The Morgan fingerprint density at radius 1 is 0.952 bits per heavy atom. The number of benzene rings is 3. The van der Waals surface area contributed by atoms with Gasteiger partial charge in [-0.05, 0) is 80.4 Å². The lowest BCUT2D eigenvalue weighted by molar-refractivity contribution is -0.139. The van der Waals surface area contributed by atoms with Crippen LogP contribution in [0.4, 0.5) is 10.1 Å². The molecular weight excluding hydrogens is 604 g/mol. The number of carbonyl (C=O) groups excluding carboxylic acids is 2. The molecule has 3 aromatic rings. The van der Waals surface area contributed by atoms with Crippen molar-refractivity contribution in [2.75, 3.05) is 24.0 Å². The second-order valence-electron chi connectivity index (χ2n) is 9.93. The third-order valence-corrected chi connectivity index (χ3v) is 8.85. The monoisotopic (exact) mass is 637 g/mol. The van der Waals surface area contributed by atoms with Crippen LogP contribution in [0.1, 0.15) is 33.3 Å². The molecule has 0 saturated carbocycles. The average molecular weight is 639 g/mol. The Balaban J connectivity index is 2.04. The molecule has 42 heavy (non-hydrogen) atoms. The molecule has 0 unspecified atom stereocenters. The molecule has 0 aliphatic rings. The van der Waals surface area contributed by atoms with E-state index in [-0.39, 0.29) is 33.1 Å². The van der Waals surface area contributed by atoms with Crippen molar-refractivity contribution in [3.8, 4) is 5.75 Å². The van der Waals surface area contributed by atoms with E-state index in [1.807, 2.05) is 13.8 Å². The van der Waals surface area contributed by atoms with Crippen molar-refractivity contribution < 1.29 is 27.1 Å². The van der Waals surface area contributed by atoms with E-state index in [0.29, 0.717) is 24.5 Å². The van der Waals surface area contributed by atoms with Gasteiger partial charge in [-0.25, -0.2) is 12.8 Å². The standard InChI is InChI=1S/C30H34Cl2FN3O5S/c1-5-41-24-13-15-25(16-14-24)42(39,40)36(23-11-9-22(33)10-12-23)19-29(37)35(21(4)30(38)34-17-20(2)3)18-26-27(31)7-6-8-28(26)32/h6-16,20-21H,5,17-19H2,1-4H3,(H,34,38)/t21-/m1/s1. The number of halogens is 3. The van der Waals surface area contributed by atoms with Gasteiger partial charge in [-0.3, -0.25) is 13.9 Å². The van der Waals surface area contributed by atoms with Gasteiger partial charge in [0, 0.05) is 28.7 Å². The Morgan fingerprint density at radius 3 is 2.10 bits per heavy atom. The number of nitrogens with one attached hydrogen (secondary N) is 1. The minimum absolute atomic E-state index is 0.0614.